The molecule has 48 heavy (non-hydrogen) atoms. The summed E-state index contributed by atoms with van der Waals surface area (Å²) in [4.78, 5) is 30.7. The molecule has 0 saturated heterocycles. The van der Waals surface area contributed by atoms with Gasteiger partial charge in [-0.25, -0.2) is 8.42 Å². The second kappa shape index (κ2) is 17.6. The average molecular weight is 729 g/mol. The van der Waals surface area contributed by atoms with Crippen molar-refractivity contribution in [3.8, 4) is 5.75 Å². The number of carbonyl (C=O) groups excluding carboxylic acids is 2. The van der Waals surface area contributed by atoms with Crippen molar-refractivity contribution >= 4 is 62.5 Å². The summed E-state index contributed by atoms with van der Waals surface area (Å²) in [5.74, 6) is -0.433. The highest BCUT2D eigenvalue weighted by Crippen LogP contribution is 2.30. The van der Waals surface area contributed by atoms with Crippen LogP contribution >= 0.6 is 35.0 Å². The summed E-state index contributed by atoms with van der Waals surface area (Å²) in [6, 6.07) is 26.3. The Balaban J connectivity index is 1.83. The molecule has 0 aliphatic carbocycles. The fraction of sp³-hybridized carbons (Fsp3) is 0.278. The molecule has 0 aliphatic rings. The maximum Gasteiger partial charge on any atom is 0.264 e. The first-order valence-corrected chi connectivity index (χ1v) is 18.9. The Hall–Kier alpha value is -3.70. The highest BCUT2D eigenvalue weighted by atomic mass is 35.5. The maximum atomic E-state index is 14.6. The van der Waals surface area contributed by atoms with E-state index >= 15 is 0 Å². The molecule has 0 spiro atoms. The third-order valence-corrected chi connectivity index (χ3v) is 10.8. The molecule has 0 aromatic heterocycles. The van der Waals surface area contributed by atoms with Crippen molar-refractivity contribution in [3.63, 3.8) is 0 Å². The van der Waals surface area contributed by atoms with E-state index in [1.807, 2.05) is 50.4 Å². The number of nitrogens with zero attached hydrogens (tertiary/aromatic N) is 2. The molecule has 0 radical (unpaired) electrons. The number of rotatable bonds is 16. The molecule has 1 atom stereocenters. The van der Waals surface area contributed by atoms with Crippen LogP contribution in [0.1, 0.15) is 31.4 Å². The number of benzene rings is 4. The SMILES string of the molecule is CCCNC(=O)C(Cc1ccccc1)N(Cc1c(Cl)cccc1Cl)C(=O)CN(c1ccc(OCC)cc1)S(=O)(=O)c1ccc(SC)cc1. The summed E-state index contributed by atoms with van der Waals surface area (Å²) in [6.07, 6.45) is 2.76. The second-order valence-electron chi connectivity index (χ2n) is 10.8. The van der Waals surface area contributed by atoms with E-state index in [0.29, 0.717) is 40.9 Å². The van der Waals surface area contributed by atoms with E-state index in [-0.39, 0.29) is 29.5 Å². The monoisotopic (exact) mass is 727 g/mol. The van der Waals surface area contributed by atoms with Crippen LogP contribution in [0.2, 0.25) is 10.0 Å². The lowest BCUT2D eigenvalue weighted by Gasteiger charge is -2.34. The number of anilines is 1. The molecule has 0 fully saturated rings. The van der Waals surface area contributed by atoms with Crippen molar-refractivity contribution in [2.45, 2.75) is 49.1 Å². The van der Waals surface area contributed by atoms with Gasteiger partial charge in [0.1, 0.15) is 18.3 Å². The van der Waals surface area contributed by atoms with Gasteiger partial charge in [-0.15, -0.1) is 11.8 Å². The Morgan fingerprint density at radius 3 is 2.10 bits per heavy atom. The predicted octanol–water partition coefficient (Wildman–Crippen LogP) is 7.48. The first-order valence-electron chi connectivity index (χ1n) is 15.5. The number of thioether (sulfide) groups is 1. The quantitative estimate of drug-likeness (QED) is 0.120. The summed E-state index contributed by atoms with van der Waals surface area (Å²) >= 11 is 14.7. The highest BCUT2D eigenvalue weighted by Gasteiger charge is 2.35. The Labute approximate surface area is 297 Å². The normalized spacial score (nSPS) is 11.9. The smallest absolute Gasteiger partial charge is 0.264 e. The molecule has 1 unspecified atom stereocenters. The van der Waals surface area contributed by atoms with E-state index in [1.165, 1.54) is 28.8 Å². The van der Waals surface area contributed by atoms with Crippen LogP contribution in [0, 0.1) is 0 Å². The molecule has 2 amide bonds. The lowest BCUT2D eigenvalue weighted by atomic mass is 10.0. The van der Waals surface area contributed by atoms with Crippen molar-refractivity contribution in [2.75, 3.05) is 30.3 Å². The van der Waals surface area contributed by atoms with Crippen LogP contribution in [-0.4, -0.2) is 57.1 Å². The first-order chi connectivity index (χ1) is 23.1. The number of hydrogen-bond donors (Lipinski definition) is 1. The Morgan fingerprint density at radius 1 is 0.875 bits per heavy atom. The molecule has 0 heterocycles. The van der Waals surface area contributed by atoms with E-state index in [1.54, 1.807) is 54.6 Å². The molecule has 254 valence electrons. The van der Waals surface area contributed by atoms with Gasteiger partial charge >= 0.3 is 0 Å². The van der Waals surface area contributed by atoms with Gasteiger partial charge in [0.15, 0.2) is 0 Å². The minimum absolute atomic E-state index is 0.0178. The molecule has 0 aliphatic heterocycles. The zero-order valence-corrected chi connectivity index (χ0v) is 30.2. The van der Waals surface area contributed by atoms with Crippen LogP contribution in [-0.2, 0) is 32.6 Å². The zero-order valence-electron chi connectivity index (χ0n) is 27.1. The average Bonchev–Trinajstić information content (AvgIpc) is 3.09. The predicted molar refractivity (Wildman–Crippen MR) is 195 cm³/mol. The van der Waals surface area contributed by atoms with E-state index in [0.717, 1.165) is 14.8 Å². The summed E-state index contributed by atoms with van der Waals surface area (Å²) in [6.45, 7) is 3.89. The summed E-state index contributed by atoms with van der Waals surface area (Å²) < 4.78 is 35.2. The highest BCUT2D eigenvalue weighted by molar-refractivity contribution is 7.98. The minimum Gasteiger partial charge on any atom is -0.494 e. The number of nitrogens with one attached hydrogen (secondary N) is 1. The Kier molecular flexibility index (Phi) is 13.6. The van der Waals surface area contributed by atoms with Crippen LogP contribution in [0.15, 0.2) is 107 Å². The maximum absolute atomic E-state index is 14.6. The Bertz CT molecular complexity index is 1750. The number of halogens is 2. The lowest BCUT2D eigenvalue weighted by Crippen LogP contribution is -2.53. The molecular weight excluding hydrogens is 689 g/mol. The van der Waals surface area contributed by atoms with Crippen molar-refractivity contribution in [1.82, 2.24) is 10.2 Å². The molecule has 12 heteroatoms. The van der Waals surface area contributed by atoms with Crippen LogP contribution in [0.4, 0.5) is 5.69 Å². The zero-order chi connectivity index (χ0) is 34.7. The van der Waals surface area contributed by atoms with E-state index in [9.17, 15) is 18.0 Å². The molecule has 1 N–H and O–H groups in total. The molecule has 0 saturated carbocycles. The molecule has 4 aromatic carbocycles. The van der Waals surface area contributed by atoms with Gasteiger partial charge in [0.25, 0.3) is 10.0 Å². The third kappa shape index (κ3) is 9.47. The number of carbonyl (C=O) groups is 2. The van der Waals surface area contributed by atoms with Crippen molar-refractivity contribution in [3.05, 3.63) is 118 Å². The summed E-state index contributed by atoms with van der Waals surface area (Å²) in [5, 5.41) is 3.56. The standard InChI is InChI=1S/C36H39Cl2N3O5S2/c1-4-22-39-36(43)34(23-26-10-7-6-8-11-26)40(24-31-32(37)12-9-13-33(31)38)35(42)25-41(27-14-16-28(17-15-27)46-5-2)48(44,45)30-20-18-29(47-3)19-21-30/h6-21,34H,4-5,22-25H2,1-3H3,(H,39,43). The lowest BCUT2D eigenvalue weighted by molar-refractivity contribution is -0.140. The van der Waals surface area contributed by atoms with Gasteiger partial charge < -0.3 is 15.0 Å². The van der Waals surface area contributed by atoms with Gasteiger partial charge in [0.05, 0.1) is 17.2 Å². The van der Waals surface area contributed by atoms with Gasteiger partial charge in [-0.2, -0.15) is 0 Å². The van der Waals surface area contributed by atoms with Crippen LogP contribution in [0.25, 0.3) is 0 Å². The van der Waals surface area contributed by atoms with Gasteiger partial charge in [-0.05, 0) is 85.8 Å². The summed E-state index contributed by atoms with van der Waals surface area (Å²) in [5.41, 5.74) is 1.52. The van der Waals surface area contributed by atoms with E-state index in [4.69, 9.17) is 27.9 Å². The second-order valence-corrected chi connectivity index (χ2v) is 14.4. The van der Waals surface area contributed by atoms with Gasteiger partial charge in [0.2, 0.25) is 11.8 Å². The Morgan fingerprint density at radius 2 is 1.52 bits per heavy atom. The van der Waals surface area contributed by atoms with Gasteiger partial charge in [0, 0.05) is 40.0 Å². The van der Waals surface area contributed by atoms with Crippen LogP contribution < -0.4 is 14.4 Å². The van der Waals surface area contributed by atoms with Crippen molar-refractivity contribution < 1.29 is 22.7 Å². The van der Waals surface area contributed by atoms with Crippen molar-refractivity contribution in [2.24, 2.45) is 0 Å². The number of sulfonamides is 1. The largest absolute Gasteiger partial charge is 0.494 e. The fourth-order valence-electron chi connectivity index (χ4n) is 5.05. The number of hydrogen-bond acceptors (Lipinski definition) is 6. The molecule has 4 rings (SSSR count). The van der Waals surface area contributed by atoms with Gasteiger partial charge in [-0.1, -0.05) is 66.5 Å². The topological polar surface area (TPSA) is 96.0 Å². The molecule has 0 bridgehead atoms. The molecule has 8 nitrogen and oxygen atoms in total. The summed E-state index contributed by atoms with van der Waals surface area (Å²) in [7, 11) is -4.26. The van der Waals surface area contributed by atoms with Crippen LogP contribution in [0.3, 0.4) is 0 Å². The van der Waals surface area contributed by atoms with Crippen LogP contribution in [0.5, 0.6) is 5.75 Å². The number of ether oxygens (including phenoxy) is 1. The van der Waals surface area contributed by atoms with Crippen molar-refractivity contribution in [1.29, 1.82) is 0 Å². The van der Waals surface area contributed by atoms with E-state index in [2.05, 4.69) is 5.32 Å². The minimum atomic E-state index is -4.26. The first kappa shape index (κ1) is 37.1. The van der Waals surface area contributed by atoms with E-state index < -0.39 is 28.5 Å². The van der Waals surface area contributed by atoms with Gasteiger partial charge in [-0.3, -0.25) is 13.9 Å². The fourth-order valence-corrected chi connectivity index (χ4v) is 7.39. The molecule has 4 aromatic rings. The molecular formula is C36H39Cl2N3O5S2. The number of amides is 2. The third-order valence-electron chi connectivity index (χ3n) is 7.57.